The van der Waals surface area contributed by atoms with Crippen LogP contribution >= 0.6 is 0 Å². The molecule has 2 N–H and O–H groups in total. The Morgan fingerprint density at radius 3 is 3.00 bits per heavy atom. The zero-order chi connectivity index (χ0) is 6.69. The summed E-state index contributed by atoms with van der Waals surface area (Å²) in [6.07, 6.45) is 5.40. The van der Waals surface area contributed by atoms with Crippen molar-refractivity contribution >= 4 is 0 Å². The molecule has 0 spiro atoms. The quantitative estimate of drug-likeness (QED) is 0.464. The van der Waals surface area contributed by atoms with E-state index in [0.29, 0.717) is 12.2 Å². The van der Waals surface area contributed by atoms with Gasteiger partial charge in [-0.3, -0.25) is 5.01 Å². The molecular weight excluding hydrogens is 114 g/mol. The van der Waals surface area contributed by atoms with Crippen LogP contribution in [0.4, 0.5) is 0 Å². The molecule has 9 heavy (non-hydrogen) atoms. The van der Waals surface area contributed by atoms with Gasteiger partial charge >= 0.3 is 0 Å². The molecule has 3 nitrogen and oxygen atoms in total. The van der Waals surface area contributed by atoms with E-state index >= 15 is 0 Å². The van der Waals surface area contributed by atoms with Crippen LogP contribution in [0.15, 0.2) is 23.9 Å². The highest BCUT2D eigenvalue weighted by atomic mass is 15.4. The molecule has 0 aromatic carbocycles. The Kier molecular flexibility index (Phi) is 1.52. The summed E-state index contributed by atoms with van der Waals surface area (Å²) in [6, 6.07) is 1.96. The number of nitrogens with zero attached hydrogens (tertiary/aromatic N) is 2. The summed E-state index contributed by atoms with van der Waals surface area (Å²) in [7, 11) is 0. The molecule has 46 valence electrons. The molecule has 0 aliphatic carbocycles. The Balaban J connectivity index is 2.78. The Hall–Kier alpha value is -1.27. The van der Waals surface area contributed by atoms with Crippen molar-refractivity contribution in [2.24, 2.45) is 5.84 Å². The van der Waals surface area contributed by atoms with Crippen LogP contribution in [-0.4, -0.2) is 11.6 Å². The molecule has 1 aliphatic rings. The minimum atomic E-state index is 0.512. The minimum absolute atomic E-state index is 0.512. The molecule has 0 atom stereocenters. The third-order valence-electron chi connectivity index (χ3n) is 1.12. The molecule has 1 rings (SSSR count). The van der Waals surface area contributed by atoms with Crippen molar-refractivity contribution in [1.82, 2.24) is 5.01 Å². The summed E-state index contributed by atoms with van der Waals surface area (Å²) in [5.74, 6) is 5.38. The first-order valence-electron chi connectivity index (χ1n) is 2.64. The maximum Gasteiger partial charge on any atom is 0.130 e. The van der Waals surface area contributed by atoms with E-state index in [1.165, 1.54) is 5.01 Å². The fourth-order valence-electron chi connectivity index (χ4n) is 0.629. The van der Waals surface area contributed by atoms with Gasteiger partial charge in [0.2, 0.25) is 0 Å². The number of hydrazine groups is 1. The zero-order valence-corrected chi connectivity index (χ0v) is 4.91. The van der Waals surface area contributed by atoms with Crippen molar-refractivity contribution in [2.75, 3.05) is 6.54 Å². The van der Waals surface area contributed by atoms with Crippen molar-refractivity contribution in [2.45, 2.75) is 0 Å². The molecule has 0 aromatic heterocycles. The normalized spacial score (nSPS) is 16.9. The van der Waals surface area contributed by atoms with Crippen LogP contribution in [-0.2, 0) is 0 Å². The lowest BCUT2D eigenvalue weighted by Crippen LogP contribution is -2.30. The van der Waals surface area contributed by atoms with Crippen LogP contribution in [0, 0.1) is 11.3 Å². The summed E-state index contributed by atoms with van der Waals surface area (Å²) in [6.45, 7) is 0.624. The zero-order valence-electron chi connectivity index (χ0n) is 4.91. The van der Waals surface area contributed by atoms with Gasteiger partial charge in [0.1, 0.15) is 11.8 Å². The average Bonchev–Trinajstić information content (AvgIpc) is 1.89. The molecule has 0 radical (unpaired) electrons. The fraction of sp³-hybridized carbons (Fsp3) is 0.167. The second-order valence-corrected chi connectivity index (χ2v) is 1.74. The van der Waals surface area contributed by atoms with Gasteiger partial charge in [0.05, 0.1) is 6.54 Å². The van der Waals surface area contributed by atoms with Gasteiger partial charge in [-0.25, -0.2) is 5.84 Å². The Morgan fingerprint density at radius 1 is 1.78 bits per heavy atom. The summed E-state index contributed by atoms with van der Waals surface area (Å²) in [5, 5.41) is 9.79. The van der Waals surface area contributed by atoms with Gasteiger partial charge < -0.3 is 0 Å². The highest BCUT2D eigenvalue weighted by Crippen LogP contribution is 2.01. The van der Waals surface area contributed by atoms with E-state index in [9.17, 15) is 0 Å². The predicted molar refractivity (Wildman–Crippen MR) is 33.7 cm³/mol. The second-order valence-electron chi connectivity index (χ2n) is 1.74. The van der Waals surface area contributed by atoms with Crippen LogP contribution in [0.3, 0.4) is 0 Å². The average molecular weight is 121 g/mol. The lowest BCUT2D eigenvalue weighted by atomic mass is 10.3. The van der Waals surface area contributed by atoms with Crippen LogP contribution < -0.4 is 5.84 Å². The van der Waals surface area contributed by atoms with Gasteiger partial charge in [0.15, 0.2) is 0 Å². The molecule has 0 saturated heterocycles. The number of rotatable bonds is 0. The van der Waals surface area contributed by atoms with Gasteiger partial charge in [0, 0.05) is 0 Å². The van der Waals surface area contributed by atoms with Crippen LogP contribution in [0.1, 0.15) is 0 Å². The molecular formula is C6H7N3. The lowest BCUT2D eigenvalue weighted by molar-refractivity contribution is 0.410. The molecule has 3 heteroatoms. The van der Waals surface area contributed by atoms with Gasteiger partial charge in [-0.2, -0.15) is 5.26 Å². The Bertz CT molecular complexity index is 197. The third kappa shape index (κ3) is 1.09. The van der Waals surface area contributed by atoms with Crippen molar-refractivity contribution in [3.8, 4) is 6.07 Å². The Labute approximate surface area is 53.6 Å². The van der Waals surface area contributed by atoms with E-state index in [1.54, 1.807) is 6.08 Å². The summed E-state index contributed by atoms with van der Waals surface area (Å²) < 4.78 is 0. The monoisotopic (exact) mass is 121 g/mol. The predicted octanol–water partition coefficient (Wildman–Crippen LogP) is 0.139. The van der Waals surface area contributed by atoms with Gasteiger partial charge in [-0.15, -0.1) is 0 Å². The lowest BCUT2D eigenvalue weighted by Gasteiger charge is -2.16. The highest BCUT2D eigenvalue weighted by Gasteiger charge is 2.02. The first kappa shape index (κ1) is 5.86. The van der Waals surface area contributed by atoms with Gasteiger partial charge in [0.25, 0.3) is 0 Å². The first-order chi connectivity index (χ1) is 4.34. The highest BCUT2D eigenvalue weighted by molar-refractivity contribution is 5.27. The summed E-state index contributed by atoms with van der Waals surface area (Å²) >= 11 is 0. The third-order valence-corrected chi connectivity index (χ3v) is 1.12. The molecule has 0 bridgehead atoms. The van der Waals surface area contributed by atoms with Crippen molar-refractivity contribution in [1.29, 1.82) is 5.26 Å². The van der Waals surface area contributed by atoms with E-state index in [1.807, 2.05) is 18.2 Å². The number of allylic oxidation sites excluding steroid dienone is 3. The van der Waals surface area contributed by atoms with Crippen molar-refractivity contribution in [3.63, 3.8) is 0 Å². The minimum Gasteiger partial charge on any atom is -0.298 e. The standard InChI is InChI=1S/C6H7N3/c7-5-6-3-1-2-4-9(6)8/h1-3H,4,8H2. The van der Waals surface area contributed by atoms with Crippen LogP contribution in [0.2, 0.25) is 0 Å². The van der Waals surface area contributed by atoms with Gasteiger partial charge in [-0.05, 0) is 6.08 Å². The van der Waals surface area contributed by atoms with E-state index in [-0.39, 0.29) is 0 Å². The maximum absolute atomic E-state index is 8.39. The fourth-order valence-corrected chi connectivity index (χ4v) is 0.629. The number of nitrogens with two attached hydrogens (primary N) is 1. The molecule has 0 fully saturated rings. The maximum atomic E-state index is 8.39. The summed E-state index contributed by atoms with van der Waals surface area (Å²) in [5.41, 5.74) is 0.512. The van der Waals surface area contributed by atoms with Crippen LogP contribution in [0.25, 0.3) is 0 Å². The number of nitriles is 1. The molecule has 0 saturated carbocycles. The Morgan fingerprint density at radius 2 is 2.56 bits per heavy atom. The van der Waals surface area contributed by atoms with E-state index in [4.69, 9.17) is 11.1 Å². The second kappa shape index (κ2) is 2.33. The molecule has 0 aromatic rings. The van der Waals surface area contributed by atoms with E-state index in [0.717, 1.165) is 0 Å². The summed E-state index contributed by atoms with van der Waals surface area (Å²) in [4.78, 5) is 0. The van der Waals surface area contributed by atoms with Gasteiger partial charge in [-0.1, -0.05) is 12.2 Å². The largest absolute Gasteiger partial charge is 0.298 e. The molecule has 1 aliphatic heterocycles. The van der Waals surface area contributed by atoms with E-state index in [2.05, 4.69) is 0 Å². The topological polar surface area (TPSA) is 53.0 Å². The number of hydrogen-bond donors (Lipinski definition) is 1. The molecule has 0 amide bonds. The smallest absolute Gasteiger partial charge is 0.130 e. The van der Waals surface area contributed by atoms with Crippen molar-refractivity contribution in [3.05, 3.63) is 23.9 Å². The van der Waals surface area contributed by atoms with E-state index < -0.39 is 0 Å². The van der Waals surface area contributed by atoms with Crippen molar-refractivity contribution < 1.29 is 0 Å². The SMILES string of the molecule is N#CC1=CC=CCN1N. The first-order valence-corrected chi connectivity index (χ1v) is 2.64. The molecule has 1 heterocycles. The molecule has 0 unspecified atom stereocenters. The van der Waals surface area contributed by atoms with Crippen LogP contribution in [0.5, 0.6) is 0 Å². The number of hydrogen-bond acceptors (Lipinski definition) is 3.